The second kappa shape index (κ2) is 8.12. The standard InChI is InChI=1S/C22H26FN5O2/c1-13(2)25-21-24-10-9-16(26-21)18-17(14-5-7-15(23)8-6-14)27-19(28-18)20-29-11-22(3,4)12-30-20/h5-10,13,20H,11-12H2,1-4H3,(H,27,28)(H,24,25,26). The zero-order chi connectivity index (χ0) is 21.3. The first-order chi connectivity index (χ1) is 14.3. The highest BCUT2D eigenvalue weighted by atomic mass is 19.1. The molecule has 0 unspecified atom stereocenters. The van der Waals surface area contributed by atoms with Crippen molar-refractivity contribution in [2.75, 3.05) is 18.5 Å². The smallest absolute Gasteiger partial charge is 0.223 e. The third-order valence-electron chi connectivity index (χ3n) is 4.64. The third-order valence-corrected chi connectivity index (χ3v) is 4.64. The summed E-state index contributed by atoms with van der Waals surface area (Å²) < 4.78 is 25.3. The molecule has 0 aliphatic carbocycles. The Morgan fingerprint density at radius 2 is 1.80 bits per heavy atom. The number of ether oxygens (including phenoxy) is 2. The molecule has 1 aromatic carbocycles. The fourth-order valence-corrected chi connectivity index (χ4v) is 3.18. The van der Waals surface area contributed by atoms with Crippen molar-refractivity contribution in [2.24, 2.45) is 5.41 Å². The Labute approximate surface area is 175 Å². The van der Waals surface area contributed by atoms with Crippen molar-refractivity contribution in [3.63, 3.8) is 0 Å². The molecule has 0 bridgehead atoms. The van der Waals surface area contributed by atoms with E-state index in [-0.39, 0.29) is 17.3 Å². The summed E-state index contributed by atoms with van der Waals surface area (Å²) in [4.78, 5) is 17.0. The molecular weight excluding hydrogens is 385 g/mol. The molecular formula is C22H26FN5O2. The molecule has 158 valence electrons. The van der Waals surface area contributed by atoms with Gasteiger partial charge in [-0.2, -0.15) is 0 Å². The maximum atomic E-state index is 13.5. The Balaban J connectivity index is 1.74. The van der Waals surface area contributed by atoms with Crippen LogP contribution in [0.25, 0.3) is 22.6 Å². The molecule has 0 amide bonds. The van der Waals surface area contributed by atoms with Crippen molar-refractivity contribution in [3.8, 4) is 22.6 Å². The first-order valence-corrected chi connectivity index (χ1v) is 10.00. The molecule has 0 spiro atoms. The molecule has 1 saturated heterocycles. The topological polar surface area (TPSA) is 85.0 Å². The normalized spacial score (nSPS) is 16.7. The highest BCUT2D eigenvalue weighted by Gasteiger charge is 2.32. The van der Waals surface area contributed by atoms with Gasteiger partial charge in [0.1, 0.15) is 5.82 Å². The van der Waals surface area contributed by atoms with Crippen molar-refractivity contribution in [3.05, 3.63) is 48.2 Å². The van der Waals surface area contributed by atoms with Crippen LogP contribution in [0.4, 0.5) is 10.3 Å². The zero-order valence-corrected chi connectivity index (χ0v) is 17.6. The summed E-state index contributed by atoms with van der Waals surface area (Å²) in [6.45, 7) is 9.35. The minimum absolute atomic E-state index is 0.0459. The van der Waals surface area contributed by atoms with Gasteiger partial charge >= 0.3 is 0 Å². The van der Waals surface area contributed by atoms with E-state index in [0.717, 1.165) is 5.56 Å². The quantitative estimate of drug-likeness (QED) is 0.640. The van der Waals surface area contributed by atoms with Crippen LogP contribution in [-0.4, -0.2) is 39.2 Å². The van der Waals surface area contributed by atoms with Crippen LogP contribution >= 0.6 is 0 Å². The summed E-state index contributed by atoms with van der Waals surface area (Å²) in [5.74, 6) is 0.773. The Bertz CT molecular complexity index is 1010. The molecule has 3 aromatic rings. The molecule has 30 heavy (non-hydrogen) atoms. The molecule has 3 heterocycles. The molecule has 0 saturated carbocycles. The van der Waals surface area contributed by atoms with Crippen molar-refractivity contribution < 1.29 is 13.9 Å². The van der Waals surface area contributed by atoms with Gasteiger partial charge in [-0.3, -0.25) is 0 Å². The SMILES string of the molecule is CC(C)Nc1nccc(-c2[nH]c(C3OCC(C)(C)CO3)nc2-c2ccc(F)cc2)n1. The number of nitrogens with one attached hydrogen (secondary N) is 2. The minimum atomic E-state index is -0.596. The summed E-state index contributed by atoms with van der Waals surface area (Å²) in [6.07, 6.45) is 1.10. The van der Waals surface area contributed by atoms with Crippen LogP contribution in [-0.2, 0) is 9.47 Å². The maximum absolute atomic E-state index is 13.5. The van der Waals surface area contributed by atoms with Crippen LogP contribution in [0.15, 0.2) is 36.5 Å². The minimum Gasteiger partial charge on any atom is -0.352 e. The lowest BCUT2D eigenvalue weighted by molar-refractivity contribution is -0.229. The molecule has 1 aliphatic rings. The van der Waals surface area contributed by atoms with E-state index >= 15 is 0 Å². The van der Waals surface area contributed by atoms with E-state index in [1.54, 1.807) is 18.3 Å². The van der Waals surface area contributed by atoms with Crippen molar-refractivity contribution in [2.45, 2.75) is 40.0 Å². The average Bonchev–Trinajstić information content (AvgIpc) is 3.13. The van der Waals surface area contributed by atoms with Gasteiger partial charge in [-0.1, -0.05) is 13.8 Å². The number of aromatic nitrogens is 4. The fraction of sp³-hybridized carbons (Fsp3) is 0.409. The van der Waals surface area contributed by atoms with Crippen LogP contribution in [0.3, 0.4) is 0 Å². The van der Waals surface area contributed by atoms with E-state index in [0.29, 0.717) is 42.1 Å². The van der Waals surface area contributed by atoms with Crippen LogP contribution in [0, 0.1) is 11.2 Å². The van der Waals surface area contributed by atoms with Crippen LogP contribution in [0.1, 0.15) is 39.8 Å². The number of H-pyrrole nitrogens is 1. The average molecular weight is 411 g/mol. The summed E-state index contributed by atoms with van der Waals surface area (Å²) in [6, 6.07) is 8.21. The third kappa shape index (κ3) is 4.49. The van der Waals surface area contributed by atoms with E-state index in [2.05, 4.69) is 34.1 Å². The van der Waals surface area contributed by atoms with Crippen molar-refractivity contribution >= 4 is 5.95 Å². The van der Waals surface area contributed by atoms with E-state index in [1.165, 1.54) is 12.1 Å². The van der Waals surface area contributed by atoms with Crippen molar-refractivity contribution in [1.29, 1.82) is 0 Å². The number of benzene rings is 1. The molecule has 1 aliphatic heterocycles. The monoisotopic (exact) mass is 411 g/mol. The van der Waals surface area contributed by atoms with Crippen LogP contribution in [0.2, 0.25) is 0 Å². The largest absolute Gasteiger partial charge is 0.352 e. The number of hydrogen-bond acceptors (Lipinski definition) is 6. The molecule has 7 nitrogen and oxygen atoms in total. The number of imidazole rings is 1. The van der Waals surface area contributed by atoms with Gasteiger partial charge in [0.2, 0.25) is 12.2 Å². The van der Waals surface area contributed by atoms with Crippen LogP contribution in [0.5, 0.6) is 0 Å². The zero-order valence-electron chi connectivity index (χ0n) is 17.6. The Morgan fingerprint density at radius 1 is 1.10 bits per heavy atom. The highest BCUT2D eigenvalue weighted by Crippen LogP contribution is 2.35. The Morgan fingerprint density at radius 3 is 2.47 bits per heavy atom. The van der Waals surface area contributed by atoms with Gasteiger partial charge in [0.15, 0.2) is 5.82 Å². The van der Waals surface area contributed by atoms with Gasteiger partial charge in [0.05, 0.1) is 30.3 Å². The summed E-state index contributed by atoms with van der Waals surface area (Å²) >= 11 is 0. The predicted octanol–water partition coefficient (Wildman–Crippen LogP) is 4.56. The van der Waals surface area contributed by atoms with Gasteiger partial charge in [-0.05, 0) is 44.2 Å². The molecule has 0 atom stereocenters. The number of hydrogen-bond donors (Lipinski definition) is 2. The van der Waals surface area contributed by atoms with E-state index < -0.39 is 6.29 Å². The first kappa shape index (κ1) is 20.4. The lowest BCUT2D eigenvalue weighted by Crippen LogP contribution is -2.34. The molecule has 1 fully saturated rings. The summed E-state index contributed by atoms with van der Waals surface area (Å²) in [7, 11) is 0. The van der Waals surface area contributed by atoms with Gasteiger partial charge in [-0.15, -0.1) is 0 Å². The Hall–Kier alpha value is -2.84. The second-order valence-corrected chi connectivity index (χ2v) is 8.54. The second-order valence-electron chi connectivity index (χ2n) is 8.54. The molecule has 2 N–H and O–H groups in total. The molecule has 0 radical (unpaired) electrons. The number of anilines is 1. The number of halogens is 1. The van der Waals surface area contributed by atoms with Crippen molar-refractivity contribution in [1.82, 2.24) is 19.9 Å². The number of aromatic amines is 1. The molecule has 8 heteroatoms. The van der Waals surface area contributed by atoms with Gasteiger partial charge in [0.25, 0.3) is 0 Å². The first-order valence-electron chi connectivity index (χ1n) is 10.00. The number of rotatable bonds is 5. The summed E-state index contributed by atoms with van der Waals surface area (Å²) in [5, 5.41) is 3.21. The van der Waals surface area contributed by atoms with Gasteiger partial charge in [0, 0.05) is 23.2 Å². The maximum Gasteiger partial charge on any atom is 0.223 e. The summed E-state index contributed by atoms with van der Waals surface area (Å²) in [5.41, 5.74) is 2.74. The fourth-order valence-electron chi connectivity index (χ4n) is 3.18. The highest BCUT2D eigenvalue weighted by molar-refractivity contribution is 5.77. The van der Waals surface area contributed by atoms with Gasteiger partial charge < -0.3 is 19.8 Å². The van der Waals surface area contributed by atoms with E-state index in [9.17, 15) is 4.39 Å². The van der Waals surface area contributed by atoms with Gasteiger partial charge in [-0.25, -0.2) is 19.3 Å². The van der Waals surface area contributed by atoms with Crippen LogP contribution < -0.4 is 5.32 Å². The predicted molar refractivity (Wildman–Crippen MR) is 112 cm³/mol. The Kier molecular flexibility index (Phi) is 5.53. The molecule has 2 aromatic heterocycles. The van der Waals surface area contributed by atoms with E-state index in [4.69, 9.17) is 14.5 Å². The molecule has 4 rings (SSSR count). The lowest BCUT2D eigenvalue weighted by atomic mass is 9.96. The van der Waals surface area contributed by atoms with E-state index in [1.807, 2.05) is 19.9 Å². The lowest BCUT2D eigenvalue weighted by Gasteiger charge is -2.33. The number of nitrogens with zero attached hydrogens (tertiary/aromatic N) is 3.